The number of nitrogens with one attached hydrogen (secondary N) is 1. The van der Waals surface area contributed by atoms with Gasteiger partial charge in [-0.3, -0.25) is 0 Å². The highest BCUT2D eigenvalue weighted by Gasteiger charge is 2.04. The third-order valence-electron chi connectivity index (χ3n) is 3.16. The maximum Gasteiger partial charge on any atom is 0.190 e. The van der Waals surface area contributed by atoms with Crippen molar-refractivity contribution >= 4 is 34.9 Å². The van der Waals surface area contributed by atoms with Crippen molar-refractivity contribution in [1.29, 1.82) is 0 Å². The van der Waals surface area contributed by atoms with Gasteiger partial charge in [-0.2, -0.15) is 0 Å². The molecule has 0 unspecified atom stereocenters. The molecule has 0 aliphatic rings. The van der Waals surface area contributed by atoms with E-state index in [4.69, 9.17) is 11.6 Å². The summed E-state index contributed by atoms with van der Waals surface area (Å²) in [6.45, 7) is 1.98. The summed E-state index contributed by atoms with van der Waals surface area (Å²) in [5, 5.41) is 4.82. The third kappa shape index (κ3) is 4.71. The maximum atomic E-state index is 5.91. The lowest BCUT2D eigenvalue weighted by molar-refractivity contribution is 0.937. The van der Waals surface area contributed by atoms with Gasteiger partial charge in [0.15, 0.2) is 5.16 Å². The minimum absolute atomic E-state index is 0.750. The molecule has 0 aliphatic heterocycles. The first-order valence-electron chi connectivity index (χ1n) is 7.24. The minimum Gasteiger partial charge on any atom is -0.340 e. The van der Waals surface area contributed by atoms with Gasteiger partial charge in [0, 0.05) is 28.2 Å². The first-order valence-corrected chi connectivity index (χ1v) is 8.60. The molecule has 1 heterocycles. The molecule has 5 heteroatoms. The average molecular weight is 342 g/mol. The zero-order valence-corrected chi connectivity index (χ0v) is 14.2. The van der Waals surface area contributed by atoms with Gasteiger partial charge < -0.3 is 5.32 Å². The molecule has 0 fully saturated rings. The van der Waals surface area contributed by atoms with Gasteiger partial charge in [-0.25, -0.2) is 9.97 Å². The Morgan fingerprint density at radius 3 is 2.48 bits per heavy atom. The topological polar surface area (TPSA) is 37.8 Å². The summed E-state index contributed by atoms with van der Waals surface area (Å²) >= 11 is 7.52. The second-order valence-corrected chi connectivity index (χ2v) is 6.46. The Labute approximate surface area is 145 Å². The highest BCUT2D eigenvalue weighted by molar-refractivity contribution is 7.98. The number of para-hydroxylation sites is 1. The van der Waals surface area contributed by atoms with Gasteiger partial charge >= 0.3 is 0 Å². The third-order valence-corrected chi connectivity index (χ3v) is 4.33. The fourth-order valence-corrected chi connectivity index (χ4v) is 3.05. The number of hydrogen-bond acceptors (Lipinski definition) is 4. The van der Waals surface area contributed by atoms with Crippen LogP contribution in [0.2, 0.25) is 5.02 Å². The number of anilines is 2. The lowest BCUT2D eigenvalue weighted by atomic mass is 10.2. The van der Waals surface area contributed by atoms with E-state index in [9.17, 15) is 0 Å². The van der Waals surface area contributed by atoms with E-state index in [0.717, 1.165) is 33.1 Å². The van der Waals surface area contributed by atoms with Crippen molar-refractivity contribution < 1.29 is 0 Å². The van der Waals surface area contributed by atoms with E-state index in [-0.39, 0.29) is 0 Å². The van der Waals surface area contributed by atoms with E-state index in [1.54, 1.807) is 11.8 Å². The lowest BCUT2D eigenvalue weighted by Crippen LogP contribution is -1.98. The number of aromatic nitrogens is 2. The van der Waals surface area contributed by atoms with Crippen LogP contribution in [0.5, 0.6) is 0 Å². The SMILES string of the molecule is Cc1cc(Nc2ccccc2)nc(SCc2ccc(Cl)cc2)n1. The molecular formula is C18H16ClN3S. The molecule has 0 saturated heterocycles. The Morgan fingerprint density at radius 1 is 1.00 bits per heavy atom. The fourth-order valence-electron chi connectivity index (χ4n) is 2.07. The summed E-state index contributed by atoms with van der Waals surface area (Å²) in [6, 6.07) is 19.8. The van der Waals surface area contributed by atoms with E-state index in [2.05, 4.69) is 15.3 Å². The molecule has 3 rings (SSSR count). The Balaban J connectivity index is 1.71. The Kier molecular flexibility index (Phi) is 5.16. The number of hydrogen-bond donors (Lipinski definition) is 1. The first-order chi connectivity index (χ1) is 11.2. The predicted molar refractivity (Wildman–Crippen MR) is 97.5 cm³/mol. The highest BCUT2D eigenvalue weighted by Crippen LogP contribution is 2.23. The second-order valence-electron chi connectivity index (χ2n) is 5.08. The summed E-state index contributed by atoms with van der Waals surface area (Å²) in [7, 11) is 0. The van der Waals surface area contributed by atoms with Crippen LogP contribution in [0.25, 0.3) is 0 Å². The largest absolute Gasteiger partial charge is 0.340 e. The van der Waals surface area contributed by atoms with Crippen molar-refractivity contribution in [1.82, 2.24) is 9.97 Å². The van der Waals surface area contributed by atoms with Crippen LogP contribution >= 0.6 is 23.4 Å². The Hall–Kier alpha value is -2.04. The normalized spacial score (nSPS) is 10.5. The molecule has 2 aromatic carbocycles. The van der Waals surface area contributed by atoms with Gasteiger partial charge in [0.1, 0.15) is 5.82 Å². The average Bonchev–Trinajstić information content (AvgIpc) is 2.55. The van der Waals surface area contributed by atoms with Crippen molar-refractivity contribution in [2.45, 2.75) is 17.8 Å². The summed E-state index contributed by atoms with van der Waals surface area (Å²) < 4.78 is 0. The minimum atomic E-state index is 0.750. The fraction of sp³-hybridized carbons (Fsp3) is 0.111. The molecule has 0 amide bonds. The summed E-state index contributed by atoms with van der Waals surface area (Å²) in [5.41, 5.74) is 3.15. The van der Waals surface area contributed by atoms with Crippen molar-refractivity contribution in [2.75, 3.05) is 5.32 Å². The second kappa shape index (κ2) is 7.49. The quantitative estimate of drug-likeness (QED) is 0.493. The van der Waals surface area contributed by atoms with Crippen LogP contribution in [-0.4, -0.2) is 9.97 Å². The molecule has 0 spiro atoms. The smallest absolute Gasteiger partial charge is 0.190 e. The zero-order chi connectivity index (χ0) is 16.1. The molecule has 0 aliphatic carbocycles. The van der Waals surface area contributed by atoms with Crippen LogP contribution in [0, 0.1) is 6.92 Å². The summed E-state index contributed by atoms with van der Waals surface area (Å²) in [4.78, 5) is 9.07. The first kappa shape index (κ1) is 15.8. The van der Waals surface area contributed by atoms with Crippen LogP contribution in [0.4, 0.5) is 11.5 Å². The number of benzene rings is 2. The molecular weight excluding hydrogens is 326 g/mol. The number of rotatable bonds is 5. The van der Waals surface area contributed by atoms with Gasteiger partial charge in [0.2, 0.25) is 0 Å². The molecule has 0 saturated carbocycles. The van der Waals surface area contributed by atoms with Crippen LogP contribution in [0.1, 0.15) is 11.3 Å². The van der Waals surface area contributed by atoms with Crippen LogP contribution in [-0.2, 0) is 5.75 Å². The molecule has 1 N–H and O–H groups in total. The maximum absolute atomic E-state index is 5.91. The van der Waals surface area contributed by atoms with E-state index in [0.29, 0.717) is 0 Å². The summed E-state index contributed by atoms with van der Waals surface area (Å²) in [6.07, 6.45) is 0. The van der Waals surface area contributed by atoms with E-state index in [1.807, 2.05) is 67.6 Å². The molecule has 23 heavy (non-hydrogen) atoms. The molecule has 0 bridgehead atoms. The Morgan fingerprint density at radius 2 is 1.74 bits per heavy atom. The molecule has 116 valence electrons. The lowest BCUT2D eigenvalue weighted by Gasteiger charge is -2.08. The van der Waals surface area contributed by atoms with Crippen LogP contribution in [0.15, 0.2) is 65.8 Å². The van der Waals surface area contributed by atoms with Crippen molar-refractivity contribution in [3.63, 3.8) is 0 Å². The molecule has 3 aromatic rings. The van der Waals surface area contributed by atoms with E-state index < -0.39 is 0 Å². The van der Waals surface area contributed by atoms with Gasteiger partial charge in [-0.05, 0) is 36.8 Å². The summed E-state index contributed by atoms with van der Waals surface area (Å²) in [5.74, 6) is 1.62. The number of aryl methyl sites for hydroxylation is 1. The molecule has 3 nitrogen and oxygen atoms in total. The van der Waals surface area contributed by atoms with Crippen LogP contribution in [0.3, 0.4) is 0 Å². The predicted octanol–water partition coefficient (Wildman–Crippen LogP) is 5.47. The van der Waals surface area contributed by atoms with Gasteiger partial charge in [-0.15, -0.1) is 0 Å². The number of halogens is 1. The Bertz CT molecular complexity index is 776. The van der Waals surface area contributed by atoms with Crippen molar-refractivity contribution in [3.05, 3.63) is 76.9 Å². The molecule has 0 atom stereocenters. The van der Waals surface area contributed by atoms with E-state index in [1.165, 1.54) is 5.56 Å². The molecule has 0 radical (unpaired) electrons. The highest BCUT2D eigenvalue weighted by atomic mass is 35.5. The standard InChI is InChI=1S/C18H16ClN3S/c1-13-11-17(21-16-5-3-2-4-6-16)22-18(20-13)23-12-14-7-9-15(19)10-8-14/h2-11H,12H2,1H3,(H,20,21,22). The zero-order valence-electron chi connectivity index (χ0n) is 12.7. The van der Waals surface area contributed by atoms with Gasteiger partial charge in [0.25, 0.3) is 0 Å². The van der Waals surface area contributed by atoms with Crippen molar-refractivity contribution in [2.24, 2.45) is 0 Å². The van der Waals surface area contributed by atoms with Gasteiger partial charge in [0.05, 0.1) is 0 Å². The number of thioether (sulfide) groups is 1. The number of nitrogens with zero attached hydrogens (tertiary/aromatic N) is 2. The van der Waals surface area contributed by atoms with Crippen molar-refractivity contribution in [3.8, 4) is 0 Å². The monoisotopic (exact) mass is 341 g/mol. The molecule has 1 aromatic heterocycles. The van der Waals surface area contributed by atoms with Gasteiger partial charge in [-0.1, -0.05) is 53.7 Å². The van der Waals surface area contributed by atoms with Crippen LogP contribution < -0.4 is 5.32 Å². The van der Waals surface area contributed by atoms with E-state index >= 15 is 0 Å².